The number of ether oxygens (including phenoxy) is 1. The van der Waals surface area contributed by atoms with Gasteiger partial charge in [-0.05, 0) is 0 Å². The Kier molecular flexibility index (Phi) is 5.16. The Morgan fingerprint density at radius 3 is 2.61 bits per heavy atom. The predicted molar refractivity (Wildman–Crippen MR) is 69.9 cm³/mol. The van der Waals surface area contributed by atoms with E-state index in [1.165, 1.54) is 6.33 Å². The second-order valence-corrected chi connectivity index (χ2v) is 3.82. The molecule has 1 amide bonds. The number of rotatable bonds is 6. The van der Waals surface area contributed by atoms with Crippen molar-refractivity contribution in [2.45, 2.75) is 6.42 Å². The molecule has 0 aromatic carbocycles. The third-order valence-corrected chi connectivity index (χ3v) is 2.37. The van der Waals surface area contributed by atoms with Crippen LogP contribution >= 0.6 is 0 Å². The van der Waals surface area contributed by atoms with Gasteiger partial charge in [-0.3, -0.25) is 4.79 Å². The van der Waals surface area contributed by atoms with Crippen LogP contribution in [0.5, 0.6) is 5.75 Å². The Morgan fingerprint density at radius 2 is 2.06 bits per heavy atom. The molecule has 18 heavy (non-hydrogen) atoms. The highest BCUT2D eigenvalue weighted by atomic mass is 16.5. The molecule has 7 heteroatoms. The van der Waals surface area contributed by atoms with E-state index >= 15 is 0 Å². The SMILES string of the molecule is CNc1ncnc(NCCC(=O)N(C)C)c1OC. The zero-order chi connectivity index (χ0) is 13.5. The first kappa shape index (κ1) is 14.0. The average molecular weight is 253 g/mol. The molecule has 0 saturated heterocycles. The minimum atomic E-state index is 0.0596. The number of nitrogens with zero attached hydrogens (tertiary/aromatic N) is 3. The Hall–Kier alpha value is -2.05. The molecule has 1 aromatic rings. The zero-order valence-corrected chi connectivity index (χ0v) is 11.1. The third-order valence-electron chi connectivity index (χ3n) is 2.37. The van der Waals surface area contributed by atoms with E-state index in [1.54, 1.807) is 33.2 Å². The second-order valence-electron chi connectivity index (χ2n) is 3.82. The lowest BCUT2D eigenvalue weighted by atomic mass is 10.3. The predicted octanol–water partition coefficient (Wildman–Crippen LogP) is 0.417. The van der Waals surface area contributed by atoms with Crippen molar-refractivity contribution < 1.29 is 9.53 Å². The Labute approximate surface area is 107 Å². The van der Waals surface area contributed by atoms with Gasteiger partial charge in [-0.25, -0.2) is 9.97 Å². The van der Waals surface area contributed by atoms with Crippen LogP contribution in [0.25, 0.3) is 0 Å². The minimum Gasteiger partial charge on any atom is -0.490 e. The van der Waals surface area contributed by atoms with Crippen LogP contribution in [-0.4, -0.2) is 55.6 Å². The van der Waals surface area contributed by atoms with Crippen molar-refractivity contribution in [3.05, 3.63) is 6.33 Å². The summed E-state index contributed by atoms with van der Waals surface area (Å²) in [7, 11) is 6.76. The number of methoxy groups -OCH3 is 1. The Bertz CT molecular complexity index is 408. The van der Waals surface area contributed by atoms with Crippen molar-refractivity contribution >= 4 is 17.5 Å². The van der Waals surface area contributed by atoms with E-state index in [2.05, 4.69) is 20.6 Å². The summed E-state index contributed by atoms with van der Waals surface area (Å²) in [5.41, 5.74) is 0. The van der Waals surface area contributed by atoms with E-state index in [0.717, 1.165) is 0 Å². The molecule has 100 valence electrons. The number of aromatic nitrogens is 2. The summed E-state index contributed by atoms with van der Waals surface area (Å²) >= 11 is 0. The van der Waals surface area contributed by atoms with Crippen molar-refractivity contribution in [3.63, 3.8) is 0 Å². The standard InChI is InChI=1S/C11H19N5O2/c1-12-10-9(18-4)11(15-7-14-10)13-6-5-8(17)16(2)3/h7H,5-6H2,1-4H3,(H2,12,13,14,15). The lowest BCUT2D eigenvalue weighted by Crippen LogP contribution is -2.24. The second kappa shape index (κ2) is 6.63. The van der Waals surface area contributed by atoms with Crippen molar-refractivity contribution in [3.8, 4) is 5.75 Å². The first-order valence-corrected chi connectivity index (χ1v) is 5.61. The molecule has 0 bridgehead atoms. The van der Waals surface area contributed by atoms with E-state index in [4.69, 9.17) is 4.74 Å². The highest BCUT2D eigenvalue weighted by Crippen LogP contribution is 2.28. The normalized spacial score (nSPS) is 9.78. The molecular weight excluding hydrogens is 234 g/mol. The number of hydrogen-bond donors (Lipinski definition) is 2. The maximum atomic E-state index is 11.4. The summed E-state index contributed by atoms with van der Waals surface area (Å²) in [4.78, 5) is 21.1. The van der Waals surface area contributed by atoms with E-state index in [1.807, 2.05) is 0 Å². The number of amides is 1. The first-order chi connectivity index (χ1) is 8.60. The quantitative estimate of drug-likeness (QED) is 0.764. The van der Waals surface area contributed by atoms with Gasteiger partial charge in [0.25, 0.3) is 0 Å². The van der Waals surface area contributed by atoms with Crippen LogP contribution in [-0.2, 0) is 4.79 Å². The monoisotopic (exact) mass is 253 g/mol. The van der Waals surface area contributed by atoms with Crippen LogP contribution in [0.1, 0.15) is 6.42 Å². The van der Waals surface area contributed by atoms with Gasteiger partial charge in [0.1, 0.15) is 6.33 Å². The van der Waals surface area contributed by atoms with Gasteiger partial charge in [-0.2, -0.15) is 0 Å². The van der Waals surface area contributed by atoms with Gasteiger partial charge >= 0.3 is 0 Å². The fraction of sp³-hybridized carbons (Fsp3) is 0.545. The first-order valence-electron chi connectivity index (χ1n) is 5.61. The highest BCUT2D eigenvalue weighted by molar-refractivity contribution is 5.76. The zero-order valence-electron chi connectivity index (χ0n) is 11.1. The number of anilines is 2. The molecule has 0 aliphatic carbocycles. The molecular formula is C11H19N5O2. The largest absolute Gasteiger partial charge is 0.490 e. The molecule has 7 nitrogen and oxygen atoms in total. The summed E-state index contributed by atoms with van der Waals surface area (Å²) in [6.07, 6.45) is 1.83. The molecule has 0 aliphatic rings. The van der Waals surface area contributed by atoms with E-state index < -0.39 is 0 Å². The molecule has 0 saturated carbocycles. The molecule has 0 fully saturated rings. The number of hydrogen-bond acceptors (Lipinski definition) is 6. The summed E-state index contributed by atoms with van der Waals surface area (Å²) in [6.45, 7) is 0.494. The molecule has 1 aromatic heterocycles. The Morgan fingerprint density at radius 1 is 1.39 bits per heavy atom. The van der Waals surface area contributed by atoms with Crippen LogP contribution in [0.4, 0.5) is 11.6 Å². The molecule has 1 rings (SSSR count). The van der Waals surface area contributed by atoms with Crippen LogP contribution in [0, 0.1) is 0 Å². The van der Waals surface area contributed by atoms with Gasteiger partial charge in [0.2, 0.25) is 11.7 Å². The van der Waals surface area contributed by atoms with Crippen LogP contribution in [0.3, 0.4) is 0 Å². The average Bonchev–Trinajstić information content (AvgIpc) is 2.37. The van der Waals surface area contributed by atoms with Crippen LogP contribution in [0.15, 0.2) is 6.33 Å². The molecule has 2 N–H and O–H groups in total. The number of carbonyl (C=O) groups is 1. The fourth-order valence-electron chi connectivity index (χ4n) is 1.38. The number of carbonyl (C=O) groups excluding carboxylic acids is 1. The van der Waals surface area contributed by atoms with Gasteiger partial charge in [0, 0.05) is 34.1 Å². The smallest absolute Gasteiger partial charge is 0.223 e. The summed E-state index contributed by atoms with van der Waals surface area (Å²) in [5, 5.41) is 5.97. The summed E-state index contributed by atoms with van der Waals surface area (Å²) in [6, 6.07) is 0. The molecule has 0 radical (unpaired) electrons. The fourth-order valence-corrected chi connectivity index (χ4v) is 1.38. The van der Waals surface area contributed by atoms with E-state index in [-0.39, 0.29) is 5.91 Å². The summed E-state index contributed by atoms with van der Waals surface area (Å²) < 4.78 is 5.23. The van der Waals surface area contributed by atoms with E-state index in [9.17, 15) is 4.79 Å². The van der Waals surface area contributed by atoms with Crippen molar-refractivity contribution in [2.24, 2.45) is 0 Å². The molecule has 0 atom stereocenters. The molecule has 0 spiro atoms. The van der Waals surface area contributed by atoms with E-state index in [0.29, 0.717) is 30.4 Å². The number of nitrogens with one attached hydrogen (secondary N) is 2. The van der Waals surface area contributed by atoms with Gasteiger partial charge in [0.15, 0.2) is 11.6 Å². The third kappa shape index (κ3) is 3.47. The molecule has 0 unspecified atom stereocenters. The van der Waals surface area contributed by atoms with Gasteiger partial charge in [-0.1, -0.05) is 0 Å². The summed E-state index contributed by atoms with van der Waals surface area (Å²) in [5.74, 6) is 1.78. The molecule has 0 aliphatic heterocycles. The van der Waals surface area contributed by atoms with Crippen LogP contribution in [0.2, 0.25) is 0 Å². The van der Waals surface area contributed by atoms with Crippen molar-refractivity contribution in [1.82, 2.24) is 14.9 Å². The maximum absolute atomic E-state index is 11.4. The maximum Gasteiger partial charge on any atom is 0.223 e. The van der Waals surface area contributed by atoms with Gasteiger partial charge in [-0.15, -0.1) is 0 Å². The Balaban J connectivity index is 2.64. The van der Waals surface area contributed by atoms with Gasteiger partial charge < -0.3 is 20.3 Å². The van der Waals surface area contributed by atoms with Crippen molar-refractivity contribution in [2.75, 3.05) is 45.4 Å². The highest BCUT2D eigenvalue weighted by Gasteiger charge is 2.11. The molecule has 1 heterocycles. The van der Waals surface area contributed by atoms with Crippen LogP contribution < -0.4 is 15.4 Å². The lowest BCUT2D eigenvalue weighted by molar-refractivity contribution is -0.128. The van der Waals surface area contributed by atoms with Crippen molar-refractivity contribution in [1.29, 1.82) is 0 Å². The lowest BCUT2D eigenvalue weighted by Gasteiger charge is -2.13. The topological polar surface area (TPSA) is 79.4 Å². The van der Waals surface area contributed by atoms with Gasteiger partial charge in [0.05, 0.1) is 7.11 Å². The minimum absolute atomic E-state index is 0.0596.